The maximum Gasteiger partial charge on any atom is 0.260 e. The Bertz CT molecular complexity index is 460. The van der Waals surface area contributed by atoms with Crippen molar-refractivity contribution in [3.63, 3.8) is 0 Å². The average molecular weight is 292 g/mol. The molecule has 0 spiro atoms. The Kier molecular flexibility index (Phi) is 6.53. The first-order valence-electron chi connectivity index (χ1n) is 7.56. The van der Waals surface area contributed by atoms with Crippen molar-refractivity contribution < 1.29 is 9.53 Å². The molecule has 2 N–H and O–H groups in total. The monoisotopic (exact) mass is 292 g/mol. The van der Waals surface area contributed by atoms with Crippen LogP contribution >= 0.6 is 0 Å². The fourth-order valence-corrected chi connectivity index (χ4v) is 2.23. The van der Waals surface area contributed by atoms with E-state index in [1.165, 1.54) is 0 Å². The molecule has 0 saturated heterocycles. The molecule has 21 heavy (non-hydrogen) atoms. The number of amides is 1. The Labute approximate surface area is 128 Å². The van der Waals surface area contributed by atoms with Crippen molar-refractivity contribution >= 4 is 11.6 Å². The molecule has 1 aromatic carbocycles. The molecule has 4 nitrogen and oxygen atoms in total. The first kappa shape index (κ1) is 17.3. The summed E-state index contributed by atoms with van der Waals surface area (Å²) >= 11 is 0. The zero-order valence-corrected chi connectivity index (χ0v) is 13.8. The number of nitrogens with zero attached hydrogens (tertiary/aromatic N) is 1. The van der Waals surface area contributed by atoms with Crippen molar-refractivity contribution in [3.05, 3.63) is 23.8 Å². The number of hydrogen-bond acceptors (Lipinski definition) is 3. The zero-order valence-electron chi connectivity index (χ0n) is 13.8. The highest BCUT2D eigenvalue weighted by molar-refractivity contribution is 5.77. The minimum Gasteiger partial charge on any atom is -0.483 e. The van der Waals surface area contributed by atoms with Gasteiger partial charge in [-0.1, -0.05) is 27.7 Å². The second-order valence-corrected chi connectivity index (χ2v) is 6.40. The number of carbonyl (C=O) groups is 1. The van der Waals surface area contributed by atoms with Crippen LogP contribution < -0.4 is 10.5 Å². The first-order chi connectivity index (χ1) is 9.79. The van der Waals surface area contributed by atoms with Gasteiger partial charge in [0.2, 0.25) is 0 Å². The lowest BCUT2D eigenvalue weighted by atomic mass is 10.1. The minimum absolute atomic E-state index is 0.0358. The highest BCUT2D eigenvalue weighted by atomic mass is 16.5. The lowest BCUT2D eigenvalue weighted by molar-refractivity contribution is -0.134. The molecule has 0 aliphatic rings. The lowest BCUT2D eigenvalue weighted by Gasteiger charge is -2.26. The molecule has 0 aliphatic carbocycles. The van der Waals surface area contributed by atoms with Crippen LogP contribution in [0.3, 0.4) is 0 Å². The number of nitrogen functional groups attached to an aromatic ring is 1. The largest absolute Gasteiger partial charge is 0.483 e. The second-order valence-electron chi connectivity index (χ2n) is 6.40. The first-order valence-corrected chi connectivity index (χ1v) is 7.56. The maximum atomic E-state index is 12.3. The van der Waals surface area contributed by atoms with Crippen LogP contribution in [0.25, 0.3) is 0 Å². The molecular formula is C17H28N2O2. The Morgan fingerprint density at radius 1 is 1.19 bits per heavy atom. The van der Waals surface area contributed by atoms with Crippen LogP contribution in [0.1, 0.15) is 33.3 Å². The van der Waals surface area contributed by atoms with Gasteiger partial charge in [-0.3, -0.25) is 4.79 Å². The van der Waals surface area contributed by atoms with Gasteiger partial charge in [0.15, 0.2) is 6.61 Å². The number of rotatable bonds is 7. The summed E-state index contributed by atoms with van der Waals surface area (Å²) in [6.07, 6.45) is 0. The van der Waals surface area contributed by atoms with Gasteiger partial charge in [0.1, 0.15) is 5.75 Å². The molecule has 0 saturated carbocycles. The molecule has 4 heteroatoms. The van der Waals surface area contributed by atoms with Gasteiger partial charge >= 0.3 is 0 Å². The van der Waals surface area contributed by atoms with Gasteiger partial charge in [-0.2, -0.15) is 0 Å². The van der Waals surface area contributed by atoms with E-state index in [1.807, 2.05) is 24.0 Å². The van der Waals surface area contributed by atoms with E-state index in [1.54, 1.807) is 6.07 Å². The Morgan fingerprint density at radius 3 is 2.24 bits per heavy atom. The molecule has 0 heterocycles. The van der Waals surface area contributed by atoms with Crippen molar-refractivity contribution in [2.45, 2.75) is 34.6 Å². The van der Waals surface area contributed by atoms with Crippen LogP contribution in [0.4, 0.5) is 5.69 Å². The van der Waals surface area contributed by atoms with E-state index in [9.17, 15) is 4.79 Å². The summed E-state index contributed by atoms with van der Waals surface area (Å²) in [4.78, 5) is 14.2. The average Bonchev–Trinajstić information content (AvgIpc) is 2.35. The molecule has 1 aromatic rings. The predicted molar refractivity (Wildman–Crippen MR) is 87.3 cm³/mol. The molecular weight excluding hydrogens is 264 g/mol. The van der Waals surface area contributed by atoms with E-state index in [0.29, 0.717) is 23.3 Å². The molecule has 1 rings (SSSR count). The van der Waals surface area contributed by atoms with E-state index in [0.717, 1.165) is 18.7 Å². The molecule has 0 aliphatic heterocycles. The number of ether oxygens (including phenoxy) is 1. The van der Waals surface area contributed by atoms with Crippen LogP contribution in [-0.2, 0) is 4.79 Å². The maximum absolute atomic E-state index is 12.3. The third-order valence-corrected chi connectivity index (χ3v) is 3.07. The van der Waals surface area contributed by atoms with Crippen molar-refractivity contribution in [2.75, 3.05) is 25.4 Å². The van der Waals surface area contributed by atoms with Gasteiger partial charge in [0.25, 0.3) is 5.91 Å². The van der Waals surface area contributed by atoms with Gasteiger partial charge in [-0.05, 0) is 42.5 Å². The van der Waals surface area contributed by atoms with Crippen LogP contribution in [0.2, 0.25) is 0 Å². The van der Waals surface area contributed by atoms with Crippen LogP contribution in [0.15, 0.2) is 18.2 Å². The summed E-state index contributed by atoms with van der Waals surface area (Å²) in [7, 11) is 0. The third-order valence-electron chi connectivity index (χ3n) is 3.07. The predicted octanol–water partition coefficient (Wildman–Crippen LogP) is 3.10. The fourth-order valence-electron chi connectivity index (χ4n) is 2.23. The van der Waals surface area contributed by atoms with Crippen molar-refractivity contribution in [1.29, 1.82) is 0 Å². The Morgan fingerprint density at radius 2 is 1.76 bits per heavy atom. The smallest absolute Gasteiger partial charge is 0.260 e. The van der Waals surface area contributed by atoms with Crippen molar-refractivity contribution in [1.82, 2.24) is 4.90 Å². The molecule has 1 amide bonds. The van der Waals surface area contributed by atoms with Gasteiger partial charge < -0.3 is 15.4 Å². The van der Waals surface area contributed by atoms with E-state index < -0.39 is 0 Å². The molecule has 0 unspecified atom stereocenters. The summed E-state index contributed by atoms with van der Waals surface area (Å²) in [5.41, 5.74) is 7.36. The zero-order chi connectivity index (χ0) is 16.0. The number of carbonyl (C=O) groups excluding carboxylic acids is 1. The minimum atomic E-state index is 0.0358. The Balaban J connectivity index is 2.64. The van der Waals surface area contributed by atoms with E-state index >= 15 is 0 Å². The van der Waals surface area contributed by atoms with Crippen LogP contribution in [-0.4, -0.2) is 30.5 Å². The molecule has 0 fully saturated rings. The van der Waals surface area contributed by atoms with Gasteiger partial charge in [0, 0.05) is 18.8 Å². The highest BCUT2D eigenvalue weighted by Gasteiger charge is 2.17. The van der Waals surface area contributed by atoms with E-state index in [2.05, 4.69) is 27.7 Å². The van der Waals surface area contributed by atoms with E-state index in [-0.39, 0.29) is 12.5 Å². The van der Waals surface area contributed by atoms with Gasteiger partial charge in [-0.25, -0.2) is 0 Å². The summed E-state index contributed by atoms with van der Waals surface area (Å²) in [6.45, 7) is 12.0. The fraction of sp³-hybridized carbons (Fsp3) is 0.588. The number of nitrogens with two attached hydrogens (primary N) is 1. The second kappa shape index (κ2) is 7.91. The number of anilines is 1. The number of aryl methyl sites for hydroxylation is 1. The van der Waals surface area contributed by atoms with Gasteiger partial charge in [0.05, 0.1) is 0 Å². The molecule has 0 atom stereocenters. The Hall–Kier alpha value is -1.71. The third kappa shape index (κ3) is 6.06. The number of benzene rings is 1. The molecule has 118 valence electrons. The highest BCUT2D eigenvalue weighted by Crippen LogP contribution is 2.20. The normalized spacial score (nSPS) is 11.0. The standard InChI is InChI=1S/C17H28N2O2/c1-12(2)9-19(10-13(3)4)17(20)11-21-16-7-6-15(18)8-14(16)5/h6-8,12-13H,9-11,18H2,1-5H3. The summed E-state index contributed by atoms with van der Waals surface area (Å²) in [5.74, 6) is 1.65. The van der Waals surface area contributed by atoms with Crippen LogP contribution in [0.5, 0.6) is 5.75 Å². The summed E-state index contributed by atoms with van der Waals surface area (Å²) in [6, 6.07) is 5.44. The SMILES string of the molecule is Cc1cc(N)ccc1OCC(=O)N(CC(C)C)CC(C)C. The van der Waals surface area contributed by atoms with Crippen molar-refractivity contribution in [2.24, 2.45) is 11.8 Å². The number of hydrogen-bond donors (Lipinski definition) is 1. The molecule has 0 radical (unpaired) electrons. The summed E-state index contributed by atoms with van der Waals surface area (Å²) < 4.78 is 5.65. The lowest BCUT2D eigenvalue weighted by Crippen LogP contribution is -2.39. The molecule has 0 aromatic heterocycles. The van der Waals surface area contributed by atoms with Gasteiger partial charge in [-0.15, -0.1) is 0 Å². The molecule has 0 bridgehead atoms. The van der Waals surface area contributed by atoms with Crippen molar-refractivity contribution in [3.8, 4) is 5.75 Å². The topological polar surface area (TPSA) is 55.6 Å². The van der Waals surface area contributed by atoms with E-state index in [4.69, 9.17) is 10.5 Å². The summed E-state index contributed by atoms with van der Waals surface area (Å²) in [5, 5.41) is 0. The van der Waals surface area contributed by atoms with Crippen LogP contribution in [0, 0.1) is 18.8 Å². The quantitative estimate of drug-likeness (QED) is 0.786.